The van der Waals surface area contributed by atoms with Crippen LogP contribution in [-0.4, -0.2) is 21.6 Å². The lowest BCUT2D eigenvalue weighted by Crippen LogP contribution is -2.14. The Hall–Kier alpha value is -2.50. The topological polar surface area (TPSA) is 57.8 Å². The van der Waals surface area contributed by atoms with E-state index in [2.05, 4.69) is 15.3 Å². The first-order valence-corrected chi connectivity index (χ1v) is 9.12. The van der Waals surface area contributed by atoms with Crippen LogP contribution in [0.2, 0.25) is 5.02 Å². The van der Waals surface area contributed by atoms with Gasteiger partial charge in [0.1, 0.15) is 0 Å². The summed E-state index contributed by atoms with van der Waals surface area (Å²) in [5.74, 6) is 0.623. The second-order valence-electron chi connectivity index (χ2n) is 5.53. The van der Waals surface area contributed by atoms with Crippen LogP contribution in [0.4, 0.5) is 5.95 Å². The number of carbonyl (C=O) groups is 1. The number of hydrogen-bond acceptors (Lipinski definition) is 3. The molecular weight excluding hydrogens is 354 g/mol. The summed E-state index contributed by atoms with van der Waals surface area (Å²) in [6, 6.07) is 19.4. The molecule has 2 N–H and O–H groups in total. The van der Waals surface area contributed by atoms with Crippen LogP contribution in [-0.2, 0) is 4.79 Å². The Balaban J connectivity index is 1.49. The molecule has 4 rings (SSSR count). The largest absolute Gasteiger partial charge is 0.324 e. The summed E-state index contributed by atoms with van der Waals surface area (Å²) in [5.41, 5.74) is 1.72. The van der Waals surface area contributed by atoms with Gasteiger partial charge in [0.2, 0.25) is 11.9 Å². The van der Waals surface area contributed by atoms with Gasteiger partial charge in [0.25, 0.3) is 0 Å². The fraction of sp³-hybridized carbons (Fsp3) is 0.0526. The first kappa shape index (κ1) is 16.0. The van der Waals surface area contributed by atoms with Crippen molar-refractivity contribution in [3.63, 3.8) is 0 Å². The third-order valence-corrected chi connectivity index (χ3v) is 5.19. The Morgan fingerprint density at radius 3 is 2.72 bits per heavy atom. The fourth-order valence-electron chi connectivity index (χ4n) is 2.71. The predicted octanol–water partition coefficient (Wildman–Crippen LogP) is 5.10. The van der Waals surface area contributed by atoms with Gasteiger partial charge in [-0.2, -0.15) is 0 Å². The van der Waals surface area contributed by atoms with Gasteiger partial charge in [-0.05, 0) is 29.7 Å². The normalized spacial score (nSPS) is 11.1. The first-order valence-electron chi connectivity index (χ1n) is 7.75. The molecule has 1 aromatic heterocycles. The summed E-state index contributed by atoms with van der Waals surface area (Å²) in [6.07, 6.45) is 0. The van der Waals surface area contributed by atoms with Crippen molar-refractivity contribution in [1.82, 2.24) is 9.97 Å². The van der Waals surface area contributed by atoms with Gasteiger partial charge < -0.3 is 4.98 Å². The maximum absolute atomic E-state index is 12.3. The number of fused-ring (bicyclic) bond motifs is 2. The highest BCUT2D eigenvalue weighted by atomic mass is 35.5. The van der Waals surface area contributed by atoms with Crippen LogP contribution >= 0.6 is 23.4 Å². The minimum absolute atomic E-state index is 0.117. The van der Waals surface area contributed by atoms with Gasteiger partial charge in [0, 0.05) is 15.3 Å². The molecule has 1 amide bonds. The van der Waals surface area contributed by atoms with Crippen molar-refractivity contribution in [2.75, 3.05) is 11.1 Å². The molecule has 0 bridgehead atoms. The number of aromatic amines is 1. The number of rotatable bonds is 4. The smallest absolute Gasteiger partial charge is 0.237 e. The highest BCUT2D eigenvalue weighted by molar-refractivity contribution is 8.00. The van der Waals surface area contributed by atoms with Gasteiger partial charge in [0.05, 0.1) is 16.8 Å². The molecule has 0 aliphatic heterocycles. The van der Waals surface area contributed by atoms with E-state index in [0.29, 0.717) is 11.0 Å². The van der Waals surface area contributed by atoms with Crippen molar-refractivity contribution in [2.45, 2.75) is 4.90 Å². The predicted molar refractivity (Wildman–Crippen MR) is 104 cm³/mol. The van der Waals surface area contributed by atoms with Crippen molar-refractivity contribution in [3.8, 4) is 0 Å². The molecule has 0 spiro atoms. The molecule has 3 aromatic carbocycles. The maximum atomic E-state index is 12.3. The van der Waals surface area contributed by atoms with Crippen LogP contribution in [0.5, 0.6) is 0 Å². The van der Waals surface area contributed by atoms with E-state index in [4.69, 9.17) is 11.6 Å². The molecule has 25 heavy (non-hydrogen) atoms. The summed E-state index contributed by atoms with van der Waals surface area (Å²) >= 11 is 7.78. The Morgan fingerprint density at radius 1 is 1.08 bits per heavy atom. The number of nitrogens with one attached hydrogen (secondary N) is 2. The second-order valence-corrected chi connectivity index (χ2v) is 6.96. The van der Waals surface area contributed by atoms with E-state index >= 15 is 0 Å². The number of hydrogen-bond donors (Lipinski definition) is 2. The molecule has 124 valence electrons. The van der Waals surface area contributed by atoms with Crippen LogP contribution in [0.25, 0.3) is 21.8 Å². The molecule has 4 aromatic rings. The zero-order chi connectivity index (χ0) is 17.2. The standard InChI is InChI=1S/C19H14ClN3OS/c20-13-7-3-5-12-6-4-10-16(18(12)13)25-11-17(24)23-19-21-14-8-1-2-9-15(14)22-19/h1-10H,11H2,(H2,21,22,23,24). The molecule has 0 saturated carbocycles. The van der Waals surface area contributed by atoms with Gasteiger partial charge in [-0.1, -0.05) is 48.0 Å². The van der Waals surface area contributed by atoms with Crippen LogP contribution in [0.1, 0.15) is 0 Å². The number of nitrogens with zero attached hydrogens (tertiary/aromatic N) is 1. The van der Waals surface area contributed by atoms with Gasteiger partial charge >= 0.3 is 0 Å². The monoisotopic (exact) mass is 367 g/mol. The molecular formula is C19H14ClN3OS. The van der Waals surface area contributed by atoms with E-state index in [1.165, 1.54) is 11.8 Å². The van der Waals surface area contributed by atoms with E-state index in [-0.39, 0.29) is 11.7 Å². The number of halogens is 1. The third-order valence-electron chi connectivity index (χ3n) is 3.82. The lowest BCUT2D eigenvalue weighted by Gasteiger charge is -2.07. The van der Waals surface area contributed by atoms with E-state index in [1.54, 1.807) is 0 Å². The molecule has 0 radical (unpaired) electrons. The molecule has 0 saturated heterocycles. The average molecular weight is 368 g/mol. The van der Waals surface area contributed by atoms with Crippen LogP contribution in [0.3, 0.4) is 0 Å². The van der Waals surface area contributed by atoms with Gasteiger partial charge in [-0.25, -0.2) is 4.98 Å². The molecule has 6 heteroatoms. The van der Waals surface area contributed by atoms with Crippen molar-refractivity contribution in [1.29, 1.82) is 0 Å². The Kier molecular flexibility index (Phi) is 4.34. The summed E-state index contributed by atoms with van der Waals surface area (Å²) in [5, 5.41) is 5.54. The Bertz CT molecular complexity index is 1040. The average Bonchev–Trinajstić information content (AvgIpc) is 3.02. The van der Waals surface area contributed by atoms with Crippen LogP contribution < -0.4 is 5.32 Å². The van der Waals surface area contributed by atoms with Crippen molar-refractivity contribution in [2.24, 2.45) is 0 Å². The second kappa shape index (κ2) is 6.78. The molecule has 1 heterocycles. The number of imidazole rings is 1. The highest BCUT2D eigenvalue weighted by Crippen LogP contribution is 2.33. The molecule has 0 aliphatic carbocycles. The number of aromatic nitrogens is 2. The lowest BCUT2D eigenvalue weighted by molar-refractivity contribution is -0.113. The minimum atomic E-state index is -0.117. The van der Waals surface area contributed by atoms with E-state index in [9.17, 15) is 4.79 Å². The number of H-pyrrole nitrogens is 1. The number of anilines is 1. The zero-order valence-electron chi connectivity index (χ0n) is 13.1. The molecule has 4 nitrogen and oxygen atoms in total. The number of amides is 1. The Labute approximate surface area is 153 Å². The number of benzene rings is 3. The van der Waals surface area contributed by atoms with Gasteiger partial charge in [-0.15, -0.1) is 11.8 Å². The minimum Gasteiger partial charge on any atom is -0.324 e. The SMILES string of the molecule is O=C(CSc1cccc2cccc(Cl)c12)Nc1nc2ccccc2[nH]1. The third kappa shape index (κ3) is 3.34. The summed E-state index contributed by atoms with van der Waals surface area (Å²) < 4.78 is 0. The van der Waals surface area contributed by atoms with E-state index < -0.39 is 0 Å². The first-order chi connectivity index (χ1) is 12.2. The number of thioether (sulfide) groups is 1. The quantitative estimate of drug-likeness (QED) is 0.493. The molecule has 0 fully saturated rings. The van der Waals surface area contributed by atoms with Gasteiger partial charge in [0.15, 0.2) is 0 Å². The highest BCUT2D eigenvalue weighted by Gasteiger charge is 2.10. The van der Waals surface area contributed by atoms with Crippen molar-refractivity contribution < 1.29 is 4.79 Å². The van der Waals surface area contributed by atoms with Crippen molar-refractivity contribution >= 4 is 57.0 Å². The summed E-state index contributed by atoms with van der Waals surface area (Å²) in [6.45, 7) is 0. The van der Waals surface area contributed by atoms with Crippen LogP contribution in [0, 0.1) is 0 Å². The number of para-hydroxylation sites is 2. The van der Waals surface area contributed by atoms with E-state index in [0.717, 1.165) is 26.7 Å². The Morgan fingerprint density at radius 2 is 1.88 bits per heavy atom. The fourth-order valence-corrected chi connectivity index (χ4v) is 3.95. The summed E-state index contributed by atoms with van der Waals surface area (Å²) in [7, 11) is 0. The lowest BCUT2D eigenvalue weighted by atomic mass is 10.1. The van der Waals surface area contributed by atoms with E-state index in [1.807, 2.05) is 60.7 Å². The number of carbonyl (C=O) groups excluding carboxylic acids is 1. The van der Waals surface area contributed by atoms with Crippen molar-refractivity contribution in [3.05, 3.63) is 65.7 Å². The maximum Gasteiger partial charge on any atom is 0.237 e. The molecule has 0 unspecified atom stereocenters. The molecule has 0 aliphatic rings. The van der Waals surface area contributed by atoms with Crippen LogP contribution in [0.15, 0.2) is 65.6 Å². The zero-order valence-corrected chi connectivity index (χ0v) is 14.7. The molecule has 0 atom stereocenters. The van der Waals surface area contributed by atoms with Gasteiger partial charge in [-0.3, -0.25) is 10.1 Å². The summed E-state index contributed by atoms with van der Waals surface area (Å²) in [4.78, 5) is 20.7.